The molecule has 2 atom stereocenters. The molecule has 2 aliphatic heterocycles. The first-order chi connectivity index (χ1) is 16.6. The zero-order valence-corrected chi connectivity index (χ0v) is 20.7. The number of rotatable bonds is 5. The van der Waals surface area contributed by atoms with Gasteiger partial charge in [-0.15, -0.1) is 0 Å². The summed E-state index contributed by atoms with van der Waals surface area (Å²) in [5, 5.41) is 3.26. The molecule has 1 fully saturated rings. The summed E-state index contributed by atoms with van der Waals surface area (Å²) in [5.74, 6) is 0.469. The highest BCUT2D eigenvalue weighted by Gasteiger charge is 2.39. The summed E-state index contributed by atoms with van der Waals surface area (Å²) in [6.45, 7) is 5.84. The van der Waals surface area contributed by atoms with Crippen molar-refractivity contribution in [2.75, 3.05) is 18.1 Å². The monoisotopic (exact) mass is 472 g/mol. The van der Waals surface area contributed by atoms with Crippen molar-refractivity contribution in [1.82, 2.24) is 5.32 Å². The molecule has 2 amide bonds. The second kappa shape index (κ2) is 9.85. The molecule has 0 saturated carbocycles. The van der Waals surface area contributed by atoms with E-state index in [2.05, 4.69) is 61.6 Å². The zero-order chi connectivity index (χ0) is 23.5. The van der Waals surface area contributed by atoms with Gasteiger partial charge in [0.15, 0.2) is 0 Å². The molecule has 176 valence electrons. The van der Waals surface area contributed by atoms with E-state index in [-0.39, 0.29) is 17.6 Å². The van der Waals surface area contributed by atoms with Gasteiger partial charge in [0.2, 0.25) is 0 Å². The van der Waals surface area contributed by atoms with E-state index in [9.17, 15) is 4.79 Å². The van der Waals surface area contributed by atoms with Crippen LogP contribution in [0.1, 0.15) is 38.7 Å². The third-order valence-corrected chi connectivity index (χ3v) is 8.28. The van der Waals surface area contributed by atoms with Crippen molar-refractivity contribution in [3.8, 4) is 0 Å². The van der Waals surface area contributed by atoms with Crippen LogP contribution >= 0.6 is 11.8 Å². The Hall–Kier alpha value is -2.76. The lowest BCUT2D eigenvalue weighted by atomic mass is 9.69. The number of anilines is 2. The van der Waals surface area contributed by atoms with Crippen LogP contribution < -0.4 is 10.2 Å². The molecule has 0 aromatic heterocycles. The largest absolute Gasteiger partial charge is 0.378 e. The lowest BCUT2D eigenvalue weighted by molar-refractivity contribution is -0.0467. The number of hydrogen-bond donors (Lipinski definition) is 1. The Morgan fingerprint density at radius 2 is 1.62 bits per heavy atom. The van der Waals surface area contributed by atoms with Gasteiger partial charge in [-0.3, -0.25) is 4.90 Å². The van der Waals surface area contributed by atoms with E-state index in [4.69, 9.17) is 4.74 Å². The van der Waals surface area contributed by atoms with Gasteiger partial charge in [-0.05, 0) is 55.0 Å². The van der Waals surface area contributed by atoms with E-state index in [1.165, 1.54) is 5.56 Å². The summed E-state index contributed by atoms with van der Waals surface area (Å²) >= 11 is 1.71. The van der Waals surface area contributed by atoms with E-state index in [1.807, 2.05) is 41.3 Å². The molecular formula is C29H32N2O2S. The number of ether oxygens (including phenoxy) is 1. The van der Waals surface area contributed by atoms with Gasteiger partial charge in [-0.1, -0.05) is 80.2 Å². The van der Waals surface area contributed by atoms with Crippen LogP contribution in [0.4, 0.5) is 16.2 Å². The van der Waals surface area contributed by atoms with Crippen LogP contribution in [0.15, 0.2) is 88.7 Å². The average molecular weight is 473 g/mol. The van der Waals surface area contributed by atoms with Crippen LogP contribution in [0, 0.1) is 5.92 Å². The van der Waals surface area contributed by atoms with Gasteiger partial charge in [-0.25, -0.2) is 4.79 Å². The van der Waals surface area contributed by atoms with Gasteiger partial charge in [-0.2, -0.15) is 0 Å². The summed E-state index contributed by atoms with van der Waals surface area (Å²) in [7, 11) is 0. The van der Waals surface area contributed by atoms with Gasteiger partial charge in [0.05, 0.1) is 17.5 Å². The Balaban J connectivity index is 1.36. The van der Waals surface area contributed by atoms with E-state index in [0.717, 1.165) is 47.0 Å². The number of urea groups is 1. The smallest absolute Gasteiger partial charge is 0.326 e. The number of fused-ring (bicyclic) bond motifs is 2. The lowest BCUT2D eigenvalue weighted by Crippen LogP contribution is -2.44. The molecule has 3 aromatic carbocycles. The maximum atomic E-state index is 13.6. The minimum atomic E-state index is -0.0733. The molecule has 2 heterocycles. The number of carbonyl (C=O) groups is 1. The predicted molar refractivity (Wildman–Crippen MR) is 139 cm³/mol. The third kappa shape index (κ3) is 4.47. The normalized spacial score (nSPS) is 21.6. The highest BCUT2D eigenvalue weighted by Crippen LogP contribution is 2.48. The van der Waals surface area contributed by atoms with Crippen molar-refractivity contribution in [3.05, 3.63) is 84.4 Å². The number of para-hydroxylation sites is 2. The van der Waals surface area contributed by atoms with Gasteiger partial charge in [0.1, 0.15) is 0 Å². The fraction of sp³-hybridized carbons (Fsp3) is 0.345. The van der Waals surface area contributed by atoms with Crippen LogP contribution in [-0.4, -0.2) is 25.3 Å². The van der Waals surface area contributed by atoms with Crippen molar-refractivity contribution in [2.24, 2.45) is 5.92 Å². The van der Waals surface area contributed by atoms with E-state index >= 15 is 0 Å². The van der Waals surface area contributed by atoms with Crippen LogP contribution in [0.25, 0.3) is 0 Å². The molecular weight excluding hydrogens is 440 g/mol. The predicted octanol–water partition coefficient (Wildman–Crippen LogP) is 7.16. The Kier molecular flexibility index (Phi) is 6.66. The van der Waals surface area contributed by atoms with Gasteiger partial charge >= 0.3 is 6.03 Å². The third-order valence-electron chi connectivity index (χ3n) is 7.15. The fourth-order valence-electron chi connectivity index (χ4n) is 5.22. The Labute approximate surface area is 206 Å². The first-order valence-corrected chi connectivity index (χ1v) is 13.0. The maximum absolute atomic E-state index is 13.6. The van der Waals surface area contributed by atoms with Crippen molar-refractivity contribution in [3.63, 3.8) is 0 Å². The molecule has 3 aromatic rings. The average Bonchev–Trinajstić information content (AvgIpc) is 2.87. The van der Waals surface area contributed by atoms with Crippen LogP contribution in [0.5, 0.6) is 0 Å². The second-order valence-electron chi connectivity index (χ2n) is 9.61. The maximum Gasteiger partial charge on any atom is 0.326 e. The van der Waals surface area contributed by atoms with Gasteiger partial charge in [0.25, 0.3) is 0 Å². The molecule has 0 spiro atoms. The first-order valence-electron chi connectivity index (χ1n) is 12.2. The molecule has 34 heavy (non-hydrogen) atoms. The second-order valence-corrected chi connectivity index (χ2v) is 10.7. The van der Waals surface area contributed by atoms with Crippen LogP contribution in [-0.2, 0) is 10.2 Å². The van der Waals surface area contributed by atoms with Gasteiger partial charge < -0.3 is 10.1 Å². The number of hydrogen-bond acceptors (Lipinski definition) is 3. The molecule has 0 bridgehead atoms. The van der Waals surface area contributed by atoms with Crippen molar-refractivity contribution >= 4 is 29.2 Å². The fourth-order valence-corrected chi connectivity index (χ4v) is 6.27. The topological polar surface area (TPSA) is 41.6 Å². The Bertz CT molecular complexity index is 1100. The number of nitrogens with zero attached hydrogens (tertiary/aromatic N) is 1. The number of carbonyl (C=O) groups excluding carboxylic acids is 1. The molecule has 4 nitrogen and oxygen atoms in total. The molecule has 2 aliphatic rings. The number of amides is 2. The quantitative estimate of drug-likeness (QED) is 0.428. The van der Waals surface area contributed by atoms with E-state index in [1.54, 1.807) is 11.8 Å². The summed E-state index contributed by atoms with van der Waals surface area (Å²) in [6, 6.07) is 26.9. The molecule has 5 rings (SSSR count). The number of benzene rings is 3. The summed E-state index contributed by atoms with van der Waals surface area (Å²) in [6.07, 6.45) is 3.09. The van der Waals surface area contributed by atoms with Crippen molar-refractivity contribution < 1.29 is 9.53 Å². The Morgan fingerprint density at radius 1 is 1.00 bits per heavy atom. The van der Waals surface area contributed by atoms with Gasteiger partial charge in [0, 0.05) is 28.4 Å². The van der Waals surface area contributed by atoms with Crippen molar-refractivity contribution in [1.29, 1.82) is 0 Å². The number of nitrogens with one attached hydrogen (secondary N) is 1. The molecule has 0 aliphatic carbocycles. The summed E-state index contributed by atoms with van der Waals surface area (Å²) in [5.41, 5.74) is 3.23. The summed E-state index contributed by atoms with van der Waals surface area (Å²) in [4.78, 5) is 17.6. The summed E-state index contributed by atoms with van der Waals surface area (Å²) < 4.78 is 6.12. The van der Waals surface area contributed by atoms with Crippen molar-refractivity contribution in [2.45, 2.75) is 54.4 Å². The molecule has 0 unspecified atom stereocenters. The minimum Gasteiger partial charge on any atom is -0.378 e. The molecule has 0 radical (unpaired) electrons. The molecule has 1 saturated heterocycles. The first kappa shape index (κ1) is 23.0. The molecule has 1 N–H and O–H groups in total. The minimum absolute atomic E-state index is 0.00922. The standard InChI is InChI=1S/C29H32N2O2S/c1-21(2)25-20-29(17-19-33-25,22-10-4-3-5-11-22)16-18-30-28(32)31-23-12-6-8-14-26(23)34-27-15-9-7-13-24(27)31/h3-15,21,25H,16-20H2,1-2H3,(H,30,32)/t25-,29-/m0/s1. The van der Waals surface area contributed by atoms with Crippen LogP contribution in [0.2, 0.25) is 0 Å². The lowest BCUT2D eigenvalue weighted by Gasteiger charge is -2.43. The molecule has 5 heteroatoms. The van der Waals surface area contributed by atoms with E-state index in [0.29, 0.717) is 12.5 Å². The van der Waals surface area contributed by atoms with Crippen LogP contribution in [0.3, 0.4) is 0 Å². The SMILES string of the molecule is CC(C)[C@@H]1C[C@@](CCNC(=O)N2c3ccccc3Sc3ccccc32)(c2ccccc2)CCO1. The highest BCUT2D eigenvalue weighted by molar-refractivity contribution is 7.99. The highest BCUT2D eigenvalue weighted by atomic mass is 32.2. The zero-order valence-electron chi connectivity index (χ0n) is 19.9. The van der Waals surface area contributed by atoms with E-state index < -0.39 is 0 Å². The Morgan fingerprint density at radius 3 is 2.26 bits per heavy atom.